The number of hydrogen-bond donors (Lipinski definition) is 0. The number of alkyl halides is 9. The zero-order valence-corrected chi connectivity index (χ0v) is 14.7. The summed E-state index contributed by atoms with van der Waals surface area (Å²) in [5.41, 5.74) is -5.71. The van der Waals surface area contributed by atoms with Crippen LogP contribution in [0.25, 0.3) is 28.1 Å². The minimum absolute atomic E-state index is 0.123. The molecule has 4 rings (SSSR count). The smallest absolute Gasteiger partial charge is 0.258 e. The summed E-state index contributed by atoms with van der Waals surface area (Å²) in [6.45, 7) is 0. The van der Waals surface area contributed by atoms with Crippen LogP contribution in [0.5, 0.6) is 0 Å². The van der Waals surface area contributed by atoms with Crippen LogP contribution in [-0.4, -0.2) is 19.6 Å². The number of halogens is 9. The topological polar surface area (TPSA) is 43.1 Å². The second kappa shape index (κ2) is 6.56. The van der Waals surface area contributed by atoms with Gasteiger partial charge in [0.25, 0.3) is 0 Å². The average molecular weight is 450 g/mol. The summed E-state index contributed by atoms with van der Waals surface area (Å²) in [5, 5.41) is 6.62. The highest BCUT2D eigenvalue weighted by Crippen LogP contribution is 2.39. The standard InChI is InChI=1S/C18H7F9N4/c19-16(20,21)9-3-1-2-8(6-9)14-30-29-13-5-4-10-11(17(22,23)24)7-12(18(25,26)27)28-15(10)31(13)14/h1-7H. The Labute approximate surface area is 166 Å². The summed E-state index contributed by atoms with van der Waals surface area (Å²) in [7, 11) is 0. The normalized spacial score (nSPS) is 13.3. The first-order valence-corrected chi connectivity index (χ1v) is 8.28. The molecule has 0 aliphatic rings. The molecule has 0 aliphatic carbocycles. The first-order valence-electron chi connectivity index (χ1n) is 8.28. The molecule has 0 fully saturated rings. The summed E-state index contributed by atoms with van der Waals surface area (Å²) < 4.78 is 120. The van der Waals surface area contributed by atoms with Gasteiger partial charge in [0, 0.05) is 10.9 Å². The van der Waals surface area contributed by atoms with Gasteiger partial charge in [-0.05, 0) is 30.3 Å². The number of fused-ring (bicyclic) bond motifs is 3. The lowest BCUT2D eigenvalue weighted by Crippen LogP contribution is -2.15. The Morgan fingerprint density at radius 1 is 0.710 bits per heavy atom. The van der Waals surface area contributed by atoms with Gasteiger partial charge in [-0.1, -0.05) is 12.1 Å². The van der Waals surface area contributed by atoms with Crippen LogP contribution in [-0.2, 0) is 18.5 Å². The summed E-state index contributed by atoms with van der Waals surface area (Å²) in [4.78, 5) is 3.31. The van der Waals surface area contributed by atoms with E-state index in [1.165, 1.54) is 6.07 Å². The molecule has 0 bridgehead atoms. The van der Waals surface area contributed by atoms with Crippen molar-refractivity contribution in [2.45, 2.75) is 18.5 Å². The van der Waals surface area contributed by atoms with Crippen LogP contribution in [0.3, 0.4) is 0 Å². The Balaban J connectivity index is 2.10. The lowest BCUT2D eigenvalue weighted by Gasteiger charge is -2.15. The highest BCUT2D eigenvalue weighted by Gasteiger charge is 2.40. The third kappa shape index (κ3) is 3.64. The highest BCUT2D eigenvalue weighted by atomic mass is 19.4. The van der Waals surface area contributed by atoms with Gasteiger partial charge in [-0.15, -0.1) is 10.2 Å². The molecule has 4 nitrogen and oxygen atoms in total. The van der Waals surface area contributed by atoms with E-state index in [9.17, 15) is 39.5 Å². The van der Waals surface area contributed by atoms with Crippen LogP contribution < -0.4 is 0 Å². The predicted molar refractivity (Wildman–Crippen MR) is 88.7 cm³/mol. The Bertz CT molecular complexity index is 1300. The Morgan fingerprint density at radius 3 is 2.03 bits per heavy atom. The Morgan fingerprint density at radius 2 is 1.42 bits per heavy atom. The van der Waals surface area contributed by atoms with Crippen molar-refractivity contribution in [2.75, 3.05) is 0 Å². The molecule has 0 amide bonds. The molecule has 0 radical (unpaired) electrons. The van der Waals surface area contributed by atoms with Crippen molar-refractivity contribution in [1.29, 1.82) is 0 Å². The number of aromatic nitrogens is 4. The molecular weight excluding hydrogens is 443 g/mol. The van der Waals surface area contributed by atoms with E-state index in [0.717, 1.165) is 28.7 Å². The van der Waals surface area contributed by atoms with Crippen LogP contribution in [0.4, 0.5) is 39.5 Å². The Kier molecular flexibility index (Phi) is 4.42. The van der Waals surface area contributed by atoms with Crippen LogP contribution >= 0.6 is 0 Å². The van der Waals surface area contributed by atoms with E-state index in [0.29, 0.717) is 6.07 Å². The predicted octanol–water partition coefficient (Wildman–Crippen LogP) is 6.00. The van der Waals surface area contributed by atoms with Gasteiger partial charge >= 0.3 is 18.5 Å². The van der Waals surface area contributed by atoms with Gasteiger partial charge in [-0.3, -0.25) is 4.40 Å². The minimum atomic E-state index is -5.21. The summed E-state index contributed by atoms with van der Waals surface area (Å²) in [6, 6.07) is 5.42. The highest BCUT2D eigenvalue weighted by molar-refractivity contribution is 5.84. The van der Waals surface area contributed by atoms with E-state index in [-0.39, 0.29) is 17.3 Å². The van der Waals surface area contributed by atoms with Gasteiger partial charge in [0.05, 0.1) is 11.1 Å². The van der Waals surface area contributed by atoms with Crippen molar-refractivity contribution >= 4 is 16.7 Å². The van der Waals surface area contributed by atoms with Gasteiger partial charge in [0.1, 0.15) is 11.3 Å². The van der Waals surface area contributed by atoms with Crippen molar-refractivity contribution in [2.24, 2.45) is 0 Å². The van der Waals surface area contributed by atoms with E-state index in [1.54, 1.807) is 0 Å². The van der Waals surface area contributed by atoms with E-state index < -0.39 is 52.2 Å². The van der Waals surface area contributed by atoms with Gasteiger partial charge < -0.3 is 0 Å². The maximum Gasteiger partial charge on any atom is 0.433 e. The van der Waals surface area contributed by atoms with Crippen molar-refractivity contribution in [1.82, 2.24) is 19.6 Å². The monoisotopic (exact) mass is 450 g/mol. The molecule has 0 saturated heterocycles. The van der Waals surface area contributed by atoms with E-state index in [2.05, 4.69) is 15.2 Å². The molecule has 13 heteroatoms. The molecule has 1 aromatic carbocycles. The van der Waals surface area contributed by atoms with Gasteiger partial charge in [0.2, 0.25) is 0 Å². The summed E-state index contributed by atoms with van der Waals surface area (Å²) in [5.74, 6) is -0.397. The van der Waals surface area contributed by atoms with Crippen molar-refractivity contribution in [3.63, 3.8) is 0 Å². The quantitative estimate of drug-likeness (QED) is 0.334. The largest absolute Gasteiger partial charge is 0.433 e. The van der Waals surface area contributed by atoms with Crippen molar-refractivity contribution < 1.29 is 39.5 Å². The molecule has 0 N–H and O–H groups in total. The SMILES string of the molecule is FC(F)(F)c1cccc(-c2nnc3ccc4c(C(F)(F)F)cc(C(F)(F)F)nc4n23)c1. The molecule has 0 saturated carbocycles. The molecule has 3 heterocycles. The first kappa shape index (κ1) is 20.9. The number of nitrogens with zero attached hydrogens (tertiary/aromatic N) is 4. The molecule has 0 unspecified atom stereocenters. The molecule has 31 heavy (non-hydrogen) atoms. The third-order valence-corrected chi connectivity index (χ3v) is 4.38. The van der Waals surface area contributed by atoms with E-state index >= 15 is 0 Å². The molecule has 0 spiro atoms. The fourth-order valence-electron chi connectivity index (χ4n) is 3.05. The lowest BCUT2D eigenvalue weighted by molar-refractivity contribution is -0.144. The molecule has 162 valence electrons. The van der Waals surface area contributed by atoms with E-state index in [1.807, 2.05) is 0 Å². The zero-order valence-electron chi connectivity index (χ0n) is 14.7. The zero-order chi connectivity index (χ0) is 22.8. The third-order valence-electron chi connectivity index (χ3n) is 4.38. The van der Waals surface area contributed by atoms with Crippen molar-refractivity contribution in [3.8, 4) is 11.4 Å². The first-order chi connectivity index (χ1) is 14.3. The number of pyridine rings is 2. The fourth-order valence-corrected chi connectivity index (χ4v) is 3.05. The Hall–Kier alpha value is -3.38. The fraction of sp³-hybridized carbons (Fsp3) is 0.167. The summed E-state index contributed by atoms with van der Waals surface area (Å²) >= 11 is 0. The second-order valence-electron chi connectivity index (χ2n) is 6.42. The summed E-state index contributed by atoms with van der Waals surface area (Å²) in [6.07, 6.45) is -15.1. The molecule has 3 aromatic heterocycles. The van der Waals surface area contributed by atoms with Crippen molar-refractivity contribution in [3.05, 3.63) is 59.3 Å². The van der Waals surface area contributed by atoms with Crippen LogP contribution in [0.1, 0.15) is 16.8 Å². The number of rotatable bonds is 1. The van der Waals surface area contributed by atoms with Crippen LogP contribution in [0.2, 0.25) is 0 Å². The van der Waals surface area contributed by atoms with Gasteiger partial charge in [0.15, 0.2) is 11.5 Å². The molecule has 0 atom stereocenters. The second-order valence-corrected chi connectivity index (χ2v) is 6.42. The van der Waals surface area contributed by atoms with E-state index in [4.69, 9.17) is 0 Å². The minimum Gasteiger partial charge on any atom is -0.258 e. The number of hydrogen-bond acceptors (Lipinski definition) is 3. The maximum atomic E-state index is 13.5. The van der Waals surface area contributed by atoms with Crippen LogP contribution in [0.15, 0.2) is 42.5 Å². The van der Waals surface area contributed by atoms with Gasteiger partial charge in [-0.2, -0.15) is 39.5 Å². The van der Waals surface area contributed by atoms with Crippen LogP contribution in [0, 0.1) is 0 Å². The lowest BCUT2D eigenvalue weighted by atomic mass is 10.1. The molecular formula is C18H7F9N4. The molecule has 4 aromatic rings. The number of benzene rings is 1. The van der Waals surface area contributed by atoms with Gasteiger partial charge in [-0.25, -0.2) is 4.98 Å². The molecule has 0 aliphatic heterocycles. The maximum absolute atomic E-state index is 13.5. The average Bonchev–Trinajstić information content (AvgIpc) is 3.09.